The third-order valence-corrected chi connectivity index (χ3v) is 4.12. The molecule has 0 spiro atoms. The van der Waals surface area contributed by atoms with E-state index < -0.39 is 0 Å². The van der Waals surface area contributed by atoms with E-state index in [1.165, 1.54) is 11.8 Å². The zero-order chi connectivity index (χ0) is 17.4. The van der Waals surface area contributed by atoms with Gasteiger partial charge >= 0.3 is 0 Å². The number of rotatable bonds is 7. The SMILES string of the molecule is COc1ccccc1NC(=O)CSCC(=O)Nc1ccc(C)cc1. The summed E-state index contributed by atoms with van der Waals surface area (Å²) in [5.74, 6) is 0.710. The van der Waals surface area contributed by atoms with Gasteiger partial charge in [0.15, 0.2) is 0 Å². The fraction of sp³-hybridized carbons (Fsp3) is 0.222. The van der Waals surface area contributed by atoms with Crippen molar-refractivity contribution in [3.63, 3.8) is 0 Å². The Bertz CT molecular complexity index is 702. The Morgan fingerprint density at radius 2 is 1.58 bits per heavy atom. The average Bonchev–Trinajstić information content (AvgIpc) is 2.57. The van der Waals surface area contributed by atoms with Gasteiger partial charge in [-0.1, -0.05) is 29.8 Å². The molecular weight excluding hydrogens is 324 g/mol. The minimum absolute atomic E-state index is 0.131. The molecular formula is C18H20N2O3S. The average molecular weight is 344 g/mol. The molecule has 0 aromatic heterocycles. The second kappa shape index (κ2) is 8.98. The summed E-state index contributed by atoms with van der Waals surface area (Å²) in [6.45, 7) is 1.99. The van der Waals surface area contributed by atoms with Gasteiger partial charge in [0.1, 0.15) is 5.75 Å². The van der Waals surface area contributed by atoms with Gasteiger partial charge in [-0.25, -0.2) is 0 Å². The van der Waals surface area contributed by atoms with Crippen LogP contribution in [0.25, 0.3) is 0 Å². The van der Waals surface area contributed by atoms with E-state index in [1.54, 1.807) is 19.2 Å². The van der Waals surface area contributed by atoms with Crippen LogP contribution < -0.4 is 15.4 Å². The van der Waals surface area contributed by atoms with Crippen molar-refractivity contribution in [2.45, 2.75) is 6.92 Å². The predicted molar refractivity (Wildman–Crippen MR) is 98.8 cm³/mol. The molecule has 0 aliphatic rings. The van der Waals surface area contributed by atoms with Crippen LogP contribution in [0.5, 0.6) is 5.75 Å². The molecule has 2 rings (SSSR count). The van der Waals surface area contributed by atoms with Crippen molar-refractivity contribution in [2.75, 3.05) is 29.2 Å². The zero-order valence-corrected chi connectivity index (χ0v) is 14.5. The summed E-state index contributed by atoms with van der Waals surface area (Å²) < 4.78 is 5.18. The van der Waals surface area contributed by atoms with E-state index >= 15 is 0 Å². The first-order valence-corrected chi connectivity index (χ1v) is 8.61. The van der Waals surface area contributed by atoms with Crippen LogP contribution >= 0.6 is 11.8 Å². The van der Waals surface area contributed by atoms with Crippen LogP contribution in [0.3, 0.4) is 0 Å². The number of anilines is 2. The second-order valence-corrected chi connectivity index (χ2v) is 6.14. The maximum absolute atomic E-state index is 11.9. The van der Waals surface area contributed by atoms with Crippen LogP contribution in [-0.4, -0.2) is 30.4 Å². The fourth-order valence-electron chi connectivity index (χ4n) is 2.00. The number of aryl methyl sites for hydroxylation is 1. The van der Waals surface area contributed by atoms with Crippen LogP contribution in [0.4, 0.5) is 11.4 Å². The molecule has 0 fully saturated rings. The van der Waals surface area contributed by atoms with Crippen LogP contribution in [0.1, 0.15) is 5.56 Å². The summed E-state index contributed by atoms with van der Waals surface area (Å²) in [5.41, 5.74) is 2.51. The quantitative estimate of drug-likeness (QED) is 0.809. The molecule has 0 heterocycles. The second-order valence-electron chi connectivity index (χ2n) is 5.16. The zero-order valence-electron chi connectivity index (χ0n) is 13.7. The summed E-state index contributed by atoms with van der Waals surface area (Å²) in [7, 11) is 1.55. The Hall–Kier alpha value is -2.47. The van der Waals surface area contributed by atoms with Crippen LogP contribution in [-0.2, 0) is 9.59 Å². The molecule has 0 atom stereocenters. The van der Waals surface area contributed by atoms with E-state index in [1.807, 2.05) is 43.3 Å². The molecule has 2 N–H and O–H groups in total. The smallest absolute Gasteiger partial charge is 0.234 e. The van der Waals surface area contributed by atoms with Gasteiger partial charge in [0.25, 0.3) is 0 Å². The van der Waals surface area contributed by atoms with Gasteiger partial charge in [0.05, 0.1) is 24.3 Å². The molecule has 0 saturated heterocycles. The van der Waals surface area contributed by atoms with E-state index in [4.69, 9.17) is 4.74 Å². The molecule has 6 heteroatoms. The lowest BCUT2D eigenvalue weighted by molar-refractivity contribution is -0.114. The number of nitrogens with one attached hydrogen (secondary N) is 2. The number of para-hydroxylation sites is 2. The molecule has 0 aliphatic heterocycles. The Kier molecular flexibility index (Phi) is 6.69. The largest absolute Gasteiger partial charge is 0.495 e. The van der Waals surface area contributed by atoms with Gasteiger partial charge < -0.3 is 15.4 Å². The first-order valence-electron chi connectivity index (χ1n) is 7.45. The Morgan fingerprint density at radius 1 is 0.958 bits per heavy atom. The summed E-state index contributed by atoms with van der Waals surface area (Å²) in [6, 6.07) is 14.8. The highest BCUT2D eigenvalue weighted by atomic mass is 32.2. The third kappa shape index (κ3) is 5.62. The first-order chi connectivity index (χ1) is 11.6. The highest BCUT2D eigenvalue weighted by molar-refractivity contribution is 8.00. The van der Waals surface area contributed by atoms with Gasteiger partial charge in [-0.05, 0) is 31.2 Å². The Labute approximate surface area is 145 Å². The van der Waals surface area contributed by atoms with Crippen molar-refractivity contribution < 1.29 is 14.3 Å². The lowest BCUT2D eigenvalue weighted by Gasteiger charge is -2.09. The van der Waals surface area contributed by atoms with Crippen molar-refractivity contribution in [1.29, 1.82) is 0 Å². The first kappa shape index (κ1) is 17.9. The van der Waals surface area contributed by atoms with Crippen molar-refractivity contribution >= 4 is 35.0 Å². The van der Waals surface area contributed by atoms with Crippen molar-refractivity contribution in [3.05, 3.63) is 54.1 Å². The number of thioether (sulfide) groups is 1. The van der Waals surface area contributed by atoms with E-state index in [0.717, 1.165) is 11.3 Å². The Balaban J connectivity index is 1.74. The lowest BCUT2D eigenvalue weighted by atomic mass is 10.2. The maximum atomic E-state index is 11.9. The number of hydrogen-bond acceptors (Lipinski definition) is 4. The molecule has 126 valence electrons. The third-order valence-electron chi connectivity index (χ3n) is 3.18. The predicted octanol–water partition coefficient (Wildman–Crippen LogP) is 3.31. The lowest BCUT2D eigenvalue weighted by Crippen LogP contribution is -2.18. The molecule has 0 bridgehead atoms. The molecule has 0 aliphatic carbocycles. The van der Waals surface area contributed by atoms with E-state index in [9.17, 15) is 9.59 Å². The molecule has 0 radical (unpaired) electrons. The number of hydrogen-bond donors (Lipinski definition) is 2. The van der Waals surface area contributed by atoms with Gasteiger partial charge in [-0.15, -0.1) is 11.8 Å². The summed E-state index contributed by atoms with van der Waals surface area (Å²) in [6.07, 6.45) is 0. The molecule has 2 aromatic carbocycles. The van der Waals surface area contributed by atoms with Crippen molar-refractivity contribution in [3.8, 4) is 5.75 Å². The summed E-state index contributed by atoms with van der Waals surface area (Å²) >= 11 is 1.26. The fourth-order valence-corrected chi connectivity index (χ4v) is 2.62. The van der Waals surface area contributed by atoms with Crippen LogP contribution in [0, 0.1) is 6.92 Å². The molecule has 0 saturated carbocycles. The molecule has 5 nitrogen and oxygen atoms in total. The molecule has 2 aromatic rings. The van der Waals surface area contributed by atoms with E-state index in [-0.39, 0.29) is 23.3 Å². The van der Waals surface area contributed by atoms with E-state index in [2.05, 4.69) is 10.6 Å². The topological polar surface area (TPSA) is 67.4 Å². The van der Waals surface area contributed by atoms with Gasteiger partial charge in [-0.2, -0.15) is 0 Å². The van der Waals surface area contributed by atoms with Gasteiger partial charge in [-0.3, -0.25) is 9.59 Å². The number of methoxy groups -OCH3 is 1. The summed E-state index contributed by atoms with van der Waals surface area (Å²) in [4.78, 5) is 23.8. The summed E-state index contributed by atoms with van der Waals surface area (Å²) in [5, 5.41) is 5.57. The van der Waals surface area contributed by atoms with Gasteiger partial charge in [0, 0.05) is 5.69 Å². The maximum Gasteiger partial charge on any atom is 0.234 e. The molecule has 24 heavy (non-hydrogen) atoms. The number of amides is 2. The Morgan fingerprint density at radius 3 is 2.25 bits per heavy atom. The van der Waals surface area contributed by atoms with Crippen LogP contribution in [0.2, 0.25) is 0 Å². The minimum atomic E-state index is -0.173. The van der Waals surface area contributed by atoms with E-state index in [0.29, 0.717) is 11.4 Å². The van der Waals surface area contributed by atoms with Gasteiger partial charge in [0.2, 0.25) is 11.8 Å². The number of benzene rings is 2. The van der Waals surface area contributed by atoms with Crippen LogP contribution in [0.15, 0.2) is 48.5 Å². The monoisotopic (exact) mass is 344 g/mol. The normalized spacial score (nSPS) is 10.1. The van der Waals surface area contributed by atoms with Crippen molar-refractivity contribution in [1.82, 2.24) is 0 Å². The highest BCUT2D eigenvalue weighted by Gasteiger charge is 2.09. The minimum Gasteiger partial charge on any atom is -0.495 e. The van der Waals surface area contributed by atoms with Crippen molar-refractivity contribution in [2.24, 2.45) is 0 Å². The number of carbonyl (C=O) groups is 2. The molecule has 0 unspecified atom stereocenters. The number of ether oxygens (including phenoxy) is 1. The molecule has 2 amide bonds. The highest BCUT2D eigenvalue weighted by Crippen LogP contribution is 2.23. The standard InChI is InChI=1S/C18H20N2O3S/c1-13-7-9-14(10-8-13)19-17(21)11-24-12-18(22)20-15-5-3-4-6-16(15)23-2/h3-10H,11-12H2,1-2H3,(H,19,21)(H,20,22). The number of carbonyl (C=O) groups excluding carboxylic acids is 2.